The van der Waals surface area contributed by atoms with Crippen molar-refractivity contribution in [1.82, 2.24) is 4.98 Å². The molecule has 5 heteroatoms. The molecule has 3 aromatic rings. The molecule has 0 aliphatic carbocycles. The van der Waals surface area contributed by atoms with E-state index in [2.05, 4.69) is 27.0 Å². The lowest BCUT2D eigenvalue weighted by molar-refractivity contribution is 1.34. The Bertz CT molecular complexity index is 785. The maximum atomic E-state index is 6.11. The minimum absolute atomic E-state index is 0.708. The summed E-state index contributed by atoms with van der Waals surface area (Å²) in [7, 11) is 0. The van der Waals surface area contributed by atoms with Crippen molar-refractivity contribution in [1.29, 1.82) is 0 Å². The monoisotopic (exact) mass is 378 g/mol. The summed E-state index contributed by atoms with van der Waals surface area (Å²) in [5.74, 6) is 0.840. The average molecular weight is 380 g/mol. The highest BCUT2D eigenvalue weighted by molar-refractivity contribution is 9.10. The number of nitrogens with two attached hydrogens (primary N) is 1. The molecule has 2 N–H and O–H groups in total. The van der Waals surface area contributed by atoms with Crippen LogP contribution in [0, 0.1) is 0 Å². The van der Waals surface area contributed by atoms with Gasteiger partial charge in [-0.15, -0.1) is 11.8 Å². The van der Waals surface area contributed by atoms with Gasteiger partial charge in [-0.25, -0.2) is 0 Å². The van der Waals surface area contributed by atoms with Gasteiger partial charge in [-0.1, -0.05) is 39.7 Å². The molecule has 0 radical (unpaired) electrons. The van der Waals surface area contributed by atoms with E-state index in [1.807, 2.05) is 36.4 Å². The Morgan fingerprint density at radius 1 is 1.14 bits per heavy atom. The number of nitrogens with zero attached hydrogens (tertiary/aromatic N) is 1. The van der Waals surface area contributed by atoms with Crippen LogP contribution in [-0.2, 0) is 5.75 Å². The topological polar surface area (TPSA) is 38.9 Å². The molecular formula is C16H12BrClN2S. The third-order valence-corrected chi connectivity index (χ3v) is 5.07. The molecule has 0 unspecified atom stereocenters. The number of pyridine rings is 1. The quantitative estimate of drug-likeness (QED) is 0.608. The maximum Gasteiger partial charge on any atom is 0.0715 e. The van der Waals surface area contributed by atoms with Crippen molar-refractivity contribution in [3.63, 3.8) is 0 Å². The van der Waals surface area contributed by atoms with E-state index in [1.165, 1.54) is 5.56 Å². The standard InChI is InChI=1S/C16H12BrClN2S/c17-11-3-6-15-13(7-11)16(14(19)8-20-15)21-9-10-1-4-12(18)5-2-10/h1-8H,9,19H2. The van der Waals surface area contributed by atoms with Crippen LogP contribution in [0.5, 0.6) is 0 Å². The Morgan fingerprint density at radius 2 is 1.90 bits per heavy atom. The second kappa shape index (κ2) is 6.26. The fourth-order valence-electron chi connectivity index (χ4n) is 2.05. The van der Waals surface area contributed by atoms with Crippen LogP contribution in [0.4, 0.5) is 5.69 Å². The van der Waals surface area contributed by atoms with Gasteiger partial charge in [0.15, 0.2) is 0 Å². The Labute approximate surface area is 140 Å². The normalized spacial score (nSPS) is 11.0. The van der Waals surface area contributed by atoms with E-state index >= 15 is 0 Å². The largest absolute Gasteiger partial charge is 0.397 e. The van der Waals surface area contributed by atoms with Gasteiger partial charge in [0.2, 0.25) is 0 Å². The molecule has 0 amide bonds. The van der Waals surface area contributed by atoms with Crippen LogP contribution in [-0.4, -0.2) is 4.98 Å². The second-order valence-electron chi connectivity index (χ2n) is 4.62. The fourth-order valence-corrected chi connectivity index (χ4v) is 3.58. The number of aromatic nitrogens is 1. The van der Waals surface area contributed by atoms with Crippen molar-refractivity contribution in [2.75, 3.05) is 5.73 Å². The smallest absolute Gasteiger partial charge is 0.0715 e. The molecule has 0 bridgehead atoms. The zero-order chi connectivity index (χ0) is 14.8. The van der Waals surface area contributed by atoms with Gasteiger partial charge >= 0.3 is 0 Å². The Morgan fingerprint density at radius 3 is 2.67 bits per heavy atom. The molecule has 1 heterocycles. The van der Waals surface area contributed by atoms with Gasteiger partial charge in [-0.05, 0) is 35.9 Å². The second-order valence-corrected chi connectivity index (χ2v) is 6.96. The fraction of sp³-hybridized carbons (Fsp3) is 0.0625. The zero-order valence-corrected chi connectivity index (χ0v) is 14.2. The van der Waals surface area contributed by atoms with Crippen LogP contribution in [0.15, 0.2) is 58.0 Å². The predicted molar refractivity (Wildman–Crippen MR) is 94.9 cm³/mol. The molecule has 0 spiro atoms. The Hall–Kier alpha value is -1.23. The van der Waals surface area contributed by atoms with Gasteiger partial charge in [0.1, 0.15) is 0 Å². The minimum atomic E-state index is 0.708. The number of hydrogen-bond acceptors (Lipinski definition) is 3. The van der Waals surface area contributed by atoms with Gasteiger partial charge in [0.05, 0.1) is 17.4 Å². The van der Waals surface area contributed by atoms with Gasteiger partial charge < -0.3 is 5.73 Å². The summed E-state index contributed by atoms with van der Waals surface area (Å²) in [6.07, 6.45) is 1.72. The van der Waals surface area contributed by atoms with Crippen molar-refractivity contribution in [2.45, 2.75) is 10.6 Å². The molecule has 0 saturated carbocycles. The van der Waals surface area contributed by atoms with Gasteiger partial charge in [-0.3, -0.25) is 4.98 Å². The van der Waals surface area contributed by atoms with Crippen molar-refractivity contribution in [3.8, 4) is 0 Å². The number of benzene rings is 2. The van der Waals surface area contributed by atoms with Crippen LogP contribution >= 0.6 is 39.3 Å². The van der Waals surface area contributed by atoms with Crippen LogP contribution in [0.3, 0.4) is 0 Å². The lowest BCUT2D eigenvalue weighted by Gasteiger charge is -2.09. The van der Waals surface area contributed by atoms with E-state index in [4.69, 9.17) is 17.3 Å². The van der Waals surface area contributed by atoms with E-state index in [9.17, 15) is 0 Å². The minimum Gasteiger partial charge on any atom is -0.397 e. The molecule has 106 valence electrons. The number of hydrogen-bond donors (Lipinski definition) is 1. The lowest BCUT2D eigenvalue weighted by atomic mass is 10.2. The molecule has 21 heavy (non-hydrogen) atoms. The number of anilines is 1. The van der Waals surface area contributed by atoms with E-state index in [0.717, 1.165) is 31.0 Å². The first-order valence-electron chi connectivity index (χ1n) is 6.34. The van der Waals surface area contributed by atoms with Crippen molar-refractivity contribution >= 4 is 55.9 Å². The summed E-state index contributed by atoms with van der Waals surface area (Å²) in [5.41, 5.74) is 8.97. The first-order valence-corrected chi connectivity index (χ1v) is 8.50. The first-order chi connectivity index (χ1) is 10.1. The number of fused-ring (bicyclic) bond motifs is 1. The maximum absolute atomic E-state index is 6.11. The zero-order valence-electron chi connectivity index (χ0n) is 11.0. The molecule has 2 nitrogen and oxygen atoms in total. The summed E-state index contributed by atoms with van der Waals surface area (Å²) in [4.78, 5) is 5.44. The van der Waals surface area contributed by atoms with Gasteiger partial charge in [-0.2, -0.15) is 0 Å². The molecular weight excluding hydrogens is 368 g/mol. The molecule has 1 aromatic heterocycles. The number of thioether (sulfide) groups is 1. The molecule has 3 rings (SSSR count). The van der Waals surface area contributed by atoms with Crippen LogP contribution in [0.1, 0.15) is 5.56 Å². The van der Waals surface area contributed by atoms with Gasteiger partial charge in [0.25, 0.3) is 0 Å². The molecule has 0 aliphatic heterocycles. The third-order valence-electron chi connectivity index (χ3n) is 3.10. The highest BCUT2D eigenvalue weighted by Crippen LogP contribution is 2.35. The van der Waals surface area contributed by atoms with Gasteiger partial charge in [0, 0.05) is 25.5 Å². The number of nitrogen functional groups attached to an aromatic ring is 1. The third kappa shape index (κ3) is 3.34. The van der Waals surface area contributed by atoms with Crippen LogP contribution in [0.2, 0.25) is 5.02 Å². The summed E-state index contributed by atoms with van der Waals surface area (Å²) in [5, 5.41) is 1.82. The number of halogens is 2. The van der Waals surface area contributed by atoms with Crippen molar-refractivity contribution in [3.05, 3.63) is 63.7 Å². The molecule has 2 aromatic carbocycles. The Balaban J connectivity index is 1.94. The predicted octanol–water partition coefficient (Wildman–Crippen LogP) is 5.53. The molecule has 0 aliphatic rings. The molecule has 0 fully saturated rings. The summed E-state index contributed by atoms with van der Waals surface area (Å²) >= 11 is 11.1. The Kier molecular flexibility index (Phi) is 4.38. The van der Waals surface area contributed by atoms with E-state index < -0.39 is 0 Å². The van der Waals surface area contributed by atoms with Crippen molar-refractivity contribution < 1.29 is 0 Å². The van der Waals surface area contributed by atoms with Crippen LogP contribution < -0.4 is 5.73 Å². The van der Waals surface area contributed by atoms with E-state index in [1.54, 1.807) is 18.0 Å². The SMILES string of the molecule is Nc1cnc2ccc(Br)cc2c1SCc1ccc(Cl)cc1. The van der Waals surface area contributed by atoms with Crippen LogP contribution in [0.25, 0.3) is 10.9 Å². The lowest BCUT2D eigenvalue weighted by Crippen LogP contribution is -1.93. The van der Waals surface area contributed by atoms with E-state index in [-0.39, 0.29) is 0 Å². The summed E-state index contributed by atoms with van der Waals surface area (Å²) < 4.78 is 1.02. The first kappa shape index (κ1) is 14.7. The summed E-state index contributed by atoms with van der Waals surface area (Å²) in [6, 6.07) is 13.9. The molecule has 0 atom stereocenters. The van der Waals surface area contributed by atoms with E-state index in [0.29, 0.717) is 5.69 Å². The highest BCUT2D eigenvalue weighted by atomic mass is 79.9. The number of rotatable bonds is 3. The summed E-state index contributed by atoms with van der Waals surface area (Å²) in [6.45, 7) is 0. The highest BCUT2D eigenvalue weighted by Gasteiger charge is 2.08. The molecule has 0 saturated heterocycles. The average Bonchev–Trinajstić information content (AvgIpc) is 2.48. The van der Waals surface area contributed by atoms with Crippen molar-refractivity contribution in [2.24, 2.45) is 0 Å².